The molecule has 0 aliphatic heterocycles. The van der Waals surface area contributed by atoms with Crippen molar-refractivity contribution in [2.45, 2.75) is 42.2 Å². The highest BCUT2D eigenvalue weighted by molar-refractivity contribution is 5.79. The lowest BCUT2D eigenvalue weighted by atomic mass is 10.1. The molecule has 0 aliphatic rings. The van der Waals surface area contributed by atoms with Gasteiger partial charge in [-0.1, -0.05) is 70.7 Å². The first-order chi connectivity index (χ1) is 9.29. The summed E-state index contributed by atoms with van der Waals surface area (Å²) in [5.74, 6) is 0.634. The summed E-state index contributed by atoms with van der Waals surface area (Å²) in [4.78, 5) is 10.9. The smallest absolute Gasteiger partial charge is 0.153 e. The molecule has 2 heteroatoms. The van der Waals surface area contributed by atoms with Gasteiger partial charge >= 0.3 is 0 Å². The molecular formula is C19H28O2. The van der Waals surface area contributed by atoms with Crippen LogP contribution >= 0.6 is 0 Å². The summed E-state index contributed by atoms with van der Waals surface area (Å²) in [6.45, 7) is 6.43. The van der Waals surface area contributed by atoms with Crippen molar-refractivity contribution >= 4 is 6.29 Å². The molecule has 0 fully saturated rings. The Balaban J connectivity index is 0. The zero-order valence-corrected chi connectivity index (χ0v) is 11.7. The maximum absolute atomic E-state index is 10.9. The van der Waals surface area contributed by atoms with Crippen molar-refractivity contribution in [1.82, 2.24) is 0 Å². The fraction of sp³-hybridized carbons (Fsp3) is 0.316. The molecule has 0 radical (unpaired) electrons. The van der Waals surface area contributed by atoms with Gasteiger partial charge in [-0.05, 0) is 24.6 Å². The molecule has 2 aromatic carbocycles. The van der Waals surface area contributed by atoms with Crippen molar-refractivity contribution in [3.05, 3.63) is 65.2 Å². The van der Waals surface area contributed by atoms with Crippen LogP contribution in [0.25, 0.3) is 0 Å². The largest absolute Gasteiger partial charge is 0.488 e. The molecule has 0 bridgehead atoms. The van der Waals surface area contributed by atoms with Crippen LogP contribution in [0.1, 0.15) is 50.2 Å². The first-order valence-electron chi connectivity index (χ1n) is 6.52. The number of benzene rings is 2. The lowest BCUT2D eigenvalue weighted by Crippen LogP contribution is -1.98. The molecule has 2 nitrogen and oxygen atoms in total. The Morgan fingerprint density at radius 2 is 1.62 bits per heavy atom. The molecule has 0 unspecified atom stereocenters. The second-order valence-corrected chi connectivity index (χ2v) is 3.93. The van der Waals surface area contributed by atoms with Crippen molar-refractivity contribution < 1.29 is 9.53 Å². The summed E-state index contributed by atoms with van der Waals surface area (Å²) >= 11 is 0. The van der Waals surface area contributed by atoms with Crippen molar-refractivity contribution in [2.24, 2.45) is 0 Å². The summed E-state index contributed by atoms with van der Waals surface area (Å²) in [5.41, 5.74) is 2.74. The van der Waals surface area contributed by atoms with E-state index in [2.05, 4.69) is 0 Å². The van der Waals surface area contributed by atoms with Gasteiger partial charge in [0, 0.05) is 0 Å². The molecule has 0 heterocycles. The molecule has 0 saturated carbocycles. The van der Waals surface area contributed by atoms with E-state index in [9.17, 15) is 4.79 Å². The van der Waals surface area contributed by atoms with E-state index in [-0.39, 0.29) is 14.9 Å². The minimum absolute atomic E-state index is 0. The van der Waals surface area contributed by atoms with Crippen LogP contribution in [0.4, 0.5) is 0 Å². The average molecular weight is 288 g/mol. The number of ether oxygens (including phenoxy) is 1. The van der Waals surface area contributed by atoms with Crippen LogP contribution in [-0.4, -0.2) is 6.29 Å². The van der Waals surface area contributed by atoms with E-state index in [1.54, 1.807) is 0 Å². The van der Waals surface area contributed by atoms with E-state index < -0.39 is 0 Å². The Morgan fingerprint density at radius 3 is 2.19 bits per heavy atom. The first kappa shape index (κ1) is 21.2. The second kappa shape index (κ2) is 11.7. The lowest BCUT2D eigenvalue weighted by Gasteiger charge is -2.08. The Bertz CT molecular complexity index is 504. The van der Waals surface area contributed by atoms with E-state index >= 15 is 0 Å². The zero-order valence-electron chi connectivity index (χ0n) is 11.7. The van der Waals surface area contributed by atoms with Gasteiger partial charge in [0.2, 0.25) is 0 Å². The van der Waals surface area contributed by atoms with E-state index in [0.717, 1.165) is 17.4 Å². The molecule has 2 rings (SSSR count). The highest BCUT2D eigenvalue weighted by Gasteiger charge is 2.03. The van der Waals surface area contributed by atoms with Crippen LogP contribution in [0.2, 0.25) is 0 Å². The predicted molar refractivity (Wildman–Crippen MR) is 92.2 cm³/mol. The Labute approximate surface area is 129 Å². The quantitative estimate of drug-likeness (QED) is 0.676. The molecule has 0 spiro atoms. The van der Waals surface area contributed by atoms with Gasteiger partial charge in [0.05, 0.1) is 5.56 Å². The number of aryl methyl sites for hydroxylation is 1. The topological polar surface area (TPSA) is 26.3 Å². The zero-order chi connectivity index (χ0) is 14.1. The van der Waals surface area contributed by atoms with Gasteiger partial charge < -0.3 is 4.74 Å². The third kappa shape index (κ3) is 6.75. The van der Waals surface area contributed by atoms with E-state index in [1.165, 1.54) is 0 Å². The van der Waals surface area contributed by atoms with Crippen LogP contribution in [0.15, 0.2) is 48.5 Å². The summed E-state index contributed by atoms with van der Waals surface area (Å²) in [6, 6.07) is 15.5. The molecule has 21 heavy (non-hydrogen) atoms. The molecule has 0 atom stereocenters. The number of hydrogen-bond donors (Lipinski definition) is 0. The SMILES string of the molecule is C.C.CC.Cc1ccc(OCc2ccccc2)c(C=O)c1. The lowest BCUT2D eigenvalue weighted by molar-refractivity contribution is 0.111. The Morgan fingerprint density at radius 1 is 1.00 bits per heavy atom. The standard InChI is InChI=1S/C15H14O2.C2H6.2CH4/c1-12-7-8-15(14(9-12)10-16)17-11-13-5-3-2-4-6-13;1-2;;/h2-10H,11H2,1H3;1-2H3;2*1H4. The van der Waals surface area contributed by atoms with E-state index in [0.29, 0.717) is 17.9 Å². The maximum Gasteiger partial charge on any atom is 0.153 e. The number of carbonyl (C=O) groups is 1. The summed E-state index contributed by atoms with van der Waals surface area (Å²) in [7, 11) is 0. The molecular weight excluding hydrogens is 260 g/mol. The number of carbonyl (C=O) groups excluding carboxylic acids is 1. The molecule has 0 saturated heterocycles. The highest BCUT2D eigenvalue weighted by Crippen LogP contribution is 2.19. The fourth-order valence-corrected chi connectivity index (χ4v) is 1.63. The molecule has 0 N–H and O–H groups in total. The number of aldehydes is 1. The molecule has 0 aromatic heterocycles. The van der Waals surface area contributed by atoms with E-state index in [4.69, 9.17) is 4.74 Å². The minimum Gasteiger partial charge on any atom is -0.488 e. The summed E-state index contributed by atoms with van der Waals surface area (Å²) in [6.07, 6.45) is 0.827. The van der Waals surface area contributed by atoms with Crippen LogP contribution in [0.3, 0.4) is 0 Å². The molecule has 2 aromatic rings. The first-order valence-corrected chi connectivity index (χ1v) is 6.52. The average Bonchev–Trinajstić information content (AvgIpc) is 2.49. The van der Waals surface area contributed by atoms with Gasteiger partial charge in [0.1, 0.15) is 12.4 Å². The van der Waals surface area contributed by atoms with E-state index in [1.807, 2.05) is 69.3 Å². The minimum atomic E-state index is 0. The van der Waals surface area contributed by atoms with Gasteiger partial charge in [-0.25, -0.2) is 0 Å². The van der Waals surface area contributed by atoms with Gasteiger partial charge in [0.15, 0.2) is 6.29 Å². The second-order valence-electron chi connectivity index (χ2n) is 3.93. The fourth-order valence-electron chi connectivity index (χ4n) is 1.63. The number of hydrogen-bond acceptors (Lipinski definition) is 2. The summed E-state index contributed by atoms with van der Waals surface area (Å²) < 4.78 is 5.64. The third-order valence-corrected chi connectivity index (χ3v) is 2.53. The monoisotopic (exact) mass is 288 g/mol. The van der Waals surface area contributed by atoms with Crippen molar-refractivity contribution in [3.8, 4) is 5.75 Å². The van der Waals surface area contributed by atoms with Gasteiger partial charge in [0.25, 0.3) is 0 Å². The van der Waals surface area contributed by atoms with Gasteiger partial charge in [-0.2, -0.15) is 0 Å². The number of rotatable bonds is 4. The molecule has 0 aliphatic carbocycles. The predicted octanol–water partition coefficient (Wildman–Crippen LogP) is 5.68. The van der Waals surface area contributed by atoms with Crippen molar-refractivity contribution in [3.63, 3.8) is 0 Å². The highest BCUT2D eigenvalue weighted by atomic mass is 16.5. The van der Waals surface area contributed by atoms with Crippen molar-refractivity contribution in [2.75, 3.05) is 0 Å². The third-order valence-electron chi connectivity index (χ3n) is 2.53. The van der Waals surface area contributed by atoms with Crippen molar-refractivity contribution in [1.29, 1.82) is 0 Å². The summed E-state index contributed by atoms with van der Waals surface area (Å²) in [5, 5.41) is 0. The Hall–Kier alpha value is -2.09. The van der Waals surface area contributed by atoms with Gasteiger partial charge in [-0.15, -0.1) is 0 Å². The van der Waals surface area contributed by atoms with Crippen LogP contribution < -0.4 is 4.74 Å². The van der Waals surface area contributed by atoms with Crippen LogP contribution in [-0.2, 0) is 6.61 Å². The molecule has 116 valence electrons. The normalized spacial score (nSPS) is 8.33. The van der Waals surface area contributed by atoms with Gasteiger partial charge in [-0.3, -0.25) is 4.79 Å². The Kier molecular flexibility index (Phi) is 11.8. The maximum atomic E-state index is 10.9. The van der Waals surface area contributed by atoms with Crippen LogP contribution in [0, 0.1) is 6.92 Å². The van der Waals surface area contributed by atoms with Crippen LogP contribution in [0.5, 0.6) is 5.75 Å². The molecule has 0 amide bonds.